The molecule has 3 N–H and O–H groups in total. The number of hydrogen-bond acceptors (Lipinski definition) is 4. The Morgan fingerprint density at radius 2 is 1.48 bits per heavy atom. The highest BCUT2D eigenvalue weighted by Crippen LogP contribution is 2.22. The van der Waals surface area contributed by atoms with Crippen LogP contribution in [0, 0.1) is 5.82 Å². The number of thiocarbonyl (C=S) groups is 1. The minimum absolute atomic E-state index is 0.00733. The first-order chi connectivity index (χ1) is 14.9. The van der Waals surface area contributed by atoms with Crippen molar-refractivity contribution in [1.82, 2.24) is 0 Å². The Hall–Kier alpha value is -3.23. The number of benzene rings is 3. The van der Waals surface area contributed by atoms with E-state index in [1.165, 1.54) is 43.0 Å². The van der Waals surface area contributed by atoms with Crippen LogP contribution in [0.1, 0.15) is 17.3 Å². The van der Waals surface area contributed by atoms with Crippen LogP contribution in [0.4, 0.5) is 21.5 Å². The molecule has 0 heterocycles. The summed E-state index contributed by atoms with van der Waals surface area (Å²) in [5.41, 5.74) is 2.74. The number of Topliss-reactive ketones (excluding diaryl/α,β-unsaturated/α-hetero) is 1. The van der Waals surface area contributed by atoms with Crippen molar-refractivity contribution in [3.8, 4) is 0 Å². The van der Waals surface area contributed by atoms with Gasteiger partial charge in [-0.3, -0.25) is 9.59 Å². The van der Waals surface area contributed by atoms with Crippen molar-refractivity contribution in [3.05, 3.63) is 84.2 Å². The Bertz CT molecular complexity index is 1090. The SMILES string of the molecule is CC(=O)c1ccc(NC(=S)Nc2cccc(SCC(=O)Nc3ccc(F)cc3)c2)cc1. The van der Waals surface area contributed by atoms with E-state index in [1.54, 1.807) is 24.3 Å². The Balaban J connectivity index is 1.51. The maximum atomic E-state index is 12.9. The zero-order valence-electron chi connectivity index (χ0n) is 16.6. The van der Waals surface area contributed by atoms with Gasteiger partial charge in [0.2, 0.25) is 5.91 Å². The number of carbonyl (C=O) groups is 2. The van der Waals surface area contributed by atoms with E-state index in [2.05, 4.69) is 16.0 Å². The number of nitrogens with one attached hydrogen (secondary N) is 3. The Morgan fingerprint density at radius 3 is 2.16 bits per heavy atom. The molecule has 0 aliphatic heterocycles. The molecule has 31 heavy (non-hydrogen) atoms. The van der Waals surface area contributed by atoms with Gasteiger partial charge in [-0.2, -0.15) is 0 Å². The van der Waals surface area contributed by atoms with E-state index in [-0.39, 0.29) is 23.3 Å². The molecule has 0 saturated carbocycles. The molecule has 8 heteroatoms. The van der Waals surface area contributed by atoms with E-state index in [4.69, 9.17) is 12.2 Å². The van der Waals surface area contributed by atoms with Crippen LogP contribution in [0.3, 0.4) is 0 Å². The quantitative estimate of drug-likeness (QED) is 0.247. The smallest absolute Gasteiger partial charge is 0.234 e. The van der Waals surface area contributed by atoms with Crippen LogP contribution in [-0.4, -0.2) is 22.6 Å². The fourth-order valence-corrected chi connectivity index (χ4v) is 3.62. The summed E-state index contributed by atoms with van der Waals surface area (Å²) in [6, 6.07) is 20.2. The number of ketones is 1. The second-order valence-electron chi connectivity index (χ2n) is 6.58. The molecule has 3 aromatic rings. The molecule has 5 nitrogen and oxygen atoms in total. The van der Waals surface area contributed by atoms with Gasteiger partial charge in [0.1, 0.15) is 5.82 Å². The van der Waals surface area contributed by atoms with E-state index < -0.39 is 0 Å². The maximum Gasteiger partial charge on any atom is 0.234 e. The summed E-state index contributed by atoms with van der Waals surface area (Å²) in [5, 5.41) is 9.31. The van der Waals surface area contributed by atoms with Gasteiger partial charge in [0, 0.05) is 27.5 Å². The number of halogens is 1. The minimum atomic E-state index is -0.350. The number of hydrogen-bond donors (Lipinski definition) is 3. The van der Waals surface area contributed by atoms with Crippen molar-refractivity contribution in [1.29, 1.82) is 0 Å². The van der Waals surface area contributed by atoms with Gasteiger partial charge in [-0.25, -0.2) is 4.39 Å². The summed E-state index contributed by atoms with van der Waals surface area (Å²) in [6.45, 7) is 1.52. The molecule has 0 radical (unpaired) electrons. The van der Waals surface area contributed by atoms with Gasteiger partial charge in [-0.1, -0.05) is 6.07 Å². The second-order valence-corrected chi connectivity index (χ2v) is 8.04. The lowest BCUT2D eigenvalue weighted by Crippen LogP contribution is -2.19. The van der Waals surface area contributed by atoms with Crippen LogP contribution in [0.2, 0.25) is 0 Å². The van der Waals surface area contributed by atoms with Gasteiger partial charge in [0.25, 0.3) is 0 Å². The molecule has 0 fully saturated rings. The molecule has 0 unspecified atom stereocenters. The average molecular weight is 454 g/mol. The molecular weight excluding hydrogens is 433 g/mol. The van der Waals surface area contributed by atoms with E-state index in [9.17, 15) is 14.0 Å². The summed E-state index contributed by atoms with van der Waals surface area (Å²) in [6.07, 6.45) is 0. The summed E-state index contributed by atoms with van der Waals surface area (Å²) in [5.74, 6) is -0.308. The number of thioether (sulfide) groups is 1. The second kappa shape index (κ2) is 10.7. The highest BCUT2D eigenvalue weighted by molar-refractivity contribution is 8.00. The van der Waals surface area contributed by atoms with Gasteiger partial charge in [-0.15, -0.1) is 11.8 Å². The lowest BCUT2D eigenvalue weighted by molar-refractivity contribution is -0.113. The highest BCUT2D eigenvalue weighted by atomic mass is 32.2. The van der Waals surface area contributed by atoms with Crippen molar-refractivity contribution in [2.75, 3.05) is 21.7 Å². The topological polar surface area (TPSA) is 70.2 Å². The summed E-state index contributed by atoms with van der Waals surface area (Å²) < 4.78 is 12.9. The van der Waals surface area contributed by atoms with Crippen molar-refractivity contribution in [3.63, 3.8) is 0 Å². The molecule has 1 amide bonds. The van der Waals surface area contributed by atoms with E-state index >= 15 is 0 Å². The molecule has 0 aliphatic carbocycles. The van der Waals surface area contributed by atoms with Crippen molar-refractivity contribution in [2.24, 2.45) is 0 Å². The molecular formula is C23H20FN3O2S2. The van der Waals surface area contributed by atoms with Crippen molar-refractivity contribution in [2.45, 2.75) is 11.8 Å². The van der Waals surface area contributed by atoms with Gasteiger partial charge in [0.05, 0.1) is 5.75 Å². The average Bonchev–Trinajstić information content (AvgIpc) is 2.74. The maximum absolute atomic E-state index is 12.9. The summed E-state index contributed by atoms with van der Waals surface area (Å²) in [4.78, 5) is 24.4. The third-order valence-corrected chi connectivity index (χ3v) is 5.34. The van der Waals surface area contributed by atoms with Gasteiger partial charge in [-0.05, 0) is 85.9 Å². The van der Waals surface area contributed by atoms with E-state index in [1.807, 2.05) is 24.3 Å². The lowest BCUT2D eigenvalue weighted by Gasteiger charge is -2.12. The molecule has 0 saturated heterocycles. The standard InChI is InChI=1S/C23H20FN3O2S2/c1-15(28)16-5-9-19(10-6-16)26-23(30)27-20-3-2-4-21(13-20)31-14-22(29)25-18-11-7-17(24)8-12-18/h2-13H,14H2,1H3,(H,25,29)(H2,26,27,30). The fourth-order valence-electron chi connectivity index (χ4n) is 2.62. The van der Waals surface area contributed by atoms with Gasteiger partial charge < -0.3 is 16.0 Å². The summed E-state index contributed by atoms with van der Waals surface area (Å²) >= 11 is 6.73. The van der Waals surface area contributed by atoms with Crippen LogP contribution in [0.5, 0.6) is 0 Å². The van der Waals surface area contributed by atoms with Crippen molar-refractivity contribution < 1.29 is 14.0 Å². The molecule has 3 rings (SSSR count). The molecule has 0 atom stereocenters. The molecule has 0 aromatic heterocycles. The number of carbonyl (C=O) groups excluding carboxylic acids is 2. The van der Waals surface area contributed by atoms with Gasteiger partial charge >= 0.3 is 0 Å². The van der Waals surface area contributed by atoms with E-state index in [0.29, 0.717) is 16.4 Å². The van der Waals surface area contributed by atoms with Crippen molar-refractivity contribution >= 4 is 57.8 Å². The van der Waals surface area contributed by atoms with Crippen LogP contribution >= 0.6 is 24.0 Å². The Labute approximate surface area is 189 Å². The zero-order chi connectivity index (χ0) is 22.2. The molecule has 0 bridgehead atoms. The Kier molecular flexibility index (Phi) is 7.75. The predicted octanol–water partition coefficient (Wildman–Crippen LogP) is 5.57. The van der Waals surface area contributed by atoms with Crippen LogP contribution in [-0.2, 0) is 4.79 Å². The zero-order valence-corrected chi connectivity index (χ0v) is 18.3. The van der Waals surface area contributed by atoms with E-state index in [0.717, 1.165) is 16.3 Å². The third kappa shape index (κ3) is 7.20. The third-order valence-electron chi connectivity index (χ3n) is 4.14. The molecule has 3 aromatic carbocycles. The summed E-state index contributed by atoms with van der Waals surface area (Å²) in [7, 11) is 0. The fraction of sp³-hybridized carbons (Fsp3) is 0.0870. The predicted molar refractivity (Wildman–Crippen MR) is 128 cm³/mol. The minimum Gasteiger partial charge on any atom is -0.332 e. The largest absolute Gasteiger partial charge is 0.332 e. The number of rotatable bonds is 7. The number of amides is 1. The molecule has 158 valence electrons. The highest BCUT2D eigenvalue weighted by Gasteiger charge is 2.06. The lowest BCUT2D eigenvalue weighted by atomic mass is 10.1. The molecule has 0 aliphatic rings. The van der Waals surface area contributed by atoms with Crippen LogP contribution < -0.4 is 16.0 Å². The Morgan fingerprint density at radius 1 is 0.871 bits per heavy atom. The van der Waals surface area contributed by atoms with Crippen LogP contribution in [0.15, 0.2) is 77.7 Å². The van der Waals surface area contributed by atoms with Gasteiger partial charge in [0.15, 0.2) is 10.9 Å². The monoisotopic (exact) mass is 453 g/mol. The normalized spacial score (nSPS) is 10.3. The first kappa shape index (κ1) is 22.5. The molecule has 0 spiro atoms. The first-order valence-corrected chi connectivity index (χ1v) is 10.8. The number of anilines is 3. The first-order valence-electron chi connectivity index (χ1n) is 9.36. The van der Waals surface area contributed by atoms with Crippen LogP contribution in [0.25, 0.3) is 0 Å².